The van der Waals surface area contributed by atoms with Gasteiger partial charge in [0, 0.05) is 17.1 Å². The third-order valence-corrected chi connectivity index (χ3v) is 2.48. The molecule has 0 aliphatic rings. The molecule has 1 aromatic carbocycles. The normalized spacial score (nSPS) is 10.6. The fourth-order valence-corrected chi connectivity index (χ4v) is 1.70. The van der Waals surface area contributed by atoms with Gasteiger partial charge in [0.25, 0.3) is 5.91 Å². The van der Waals surface area contributed by atoms with E-state index in [1.165, 1.54) is 6.33 Å². The number of anilines is 1. The lowest BCUT2D eigenvalue weighted by molar-refractivity contribution is 0.102. The molecule has 3 aromatic rings. The first-order valence-corrected chi connectivity index (χ1v) is 5.07. The third-order valence-electron chi connectivity index (χ3n) is 2.48. The first-order chi connectivity index (χ1) is 8.34. The second-order valence-electron chi connectivity index (χ2n) is 3.54. The number of para-hydroxylation sites is 1. The molecule has 0 unspecified atom stereocenters. The van der Waals surface area contributed by atoms with Crippen LogP contribution in [-0.4, -0.2) is 26.1 Å². The number of fused-ring (bicyclic) bond motifs is 1. The van der Waals surface area contributed by atoms with E-state index in [4.69, 9.17) is 0 Å². The number of hydrogen-bond donors (Lipinski definition) is 3. The summed E-state index contributed by atoms with van der Waals surface area (Å²) in [6.45, 7) is 0. The molecule has 0 aliphatic carbocycles. The number of aromatic nitrogens is 4. The van der Waals surface area contributed by atoms with Crippen molar-refractivity contribution in [1.82, 2.24) is 20.2 Å². The van der Waals surface area contributed by atoms with Gasteiger partial charge in [-0.05, 0) is 6.07 Å². The van der Waals surface area contributed by atoms with Crippen molar-refractivity contribution >= 4 is 22.8 Å². The molecular weight excluding hydrogens is 218 g/mol. The zero-order valence-corrected chi connectivity index (χ0v) is 8.77. The topological polar surface area (TPSA) is 86.5 Å². The van der Waals surface area contributed by atoms with E-state index in [9.17, 15) is 4.79 Å². The average molecular weight is 227 g/mol. The van der Waals surface area contributed by atoms with Crippen molar-refractivity contribution in [2.45, 2.75) is 0 Å². The Bertz CT molecular complexity index is 655. The molecule has 0 radical (unpaired) electrons. The van der Waals surface area contributed by atoms with E-state index in [-0.39, 0.29) is 5.91 Å². The molecule has 1 amide bonds. The number of nitrogens with zero attached hydrogens (tertiary/aromatic N) is 2. The van der Waals surface area contributed by atoms with E-state index in [2.05, 4.69) is 25.5 Å². The number of benzene rings is 1. The van der Waals surface area contributed by atoms with Crippen molar-refractivity contribution in [2.24, 2.45) is 0 Å². The van der Waals surface area contributed by atoms with Gasteiger partial charge in [-0.1, -0.05) is 18.2 Å². The number of H-pyrrole nitrogens is 2. The summed E-state index contributed by atoms with van der Waals surface area (Å²) >= 11 is 0. The third kappa shape index (κ3) is 1.65. The lowest BCUT2D eigenvalue weighted by Crippen LogP contribution is -2.12. The van der Waals surface area contributed by atoms with Gasteiger partial charge < -0.3 is 4.98 Å². The minimum Gasteiger partial charge on any atom is -0.360 e. The molecule has 6 nitrogen and oxygen atoms in total. The number of hydrogen-bond acceptors (Lipinski definition) is 3. The Morgan fingerprint density at radius 1 is 1.29 bits per heavy atom. The van der Waals surface area contributed by atoms with Crippen LogP contribution in [0.5, 0.6) is 0 Å². The van der Waals surface area contributed by atoms with Gasteiger partial charge in [-0.3, -0.25) is 10.1 Å². The summed E-state index contributed by atoms with van der Waals surface area (Å²) in [4.78, 5) is 18.8. The van der Waals surface area contributed by atoms with Crippen LogP contribution in [0, 0.1) is 0 Å². The van der Waals surface area contributed by atoms with Gasteiger partial charge in [-0.25, -0.2) is 5.10 Å². The summed E-state index contributed by atoms with van der Waals surface area (Å²) in [5, 5.41) is 9.74. The Balaban J connectivity index is 1.96. The summed E-state index contributed by atoms with van der Waals surface area (Å²) in [5.74, 6) is 0.111. The quantitative estimate of drug-likeness (QED) is 0.620. The van der Waals surface area contributed by atoms with E-state index in [0.29, 0.717) is 11.5 Å². The number of rotatable bonds is 2. The molecule has 2 heterocycles. The van der Waals surface area contributed by atoms with Crippen LogP contribution in [-0.2, 0) is 0 Å². The zero-order chi connectivity index (χ0) is 11.7. The Labute approximate surface area is 96.1 Å². The van der Waals surface area contributed by atoms with Crippen molar-refractivity contribution in [3.8, 4) is 0 Å². The van der Waals surface area contributed by atoms with Crippen molar-refractivity contribution in [3.05, 3.63) is 42.4 Å². The molecular formula is C11H9N5O. The highest BCUT2D eigenvalue weighted by molar-refractivity contribution is 6.12. The Morgan fingerprint density at radius 2 is 2.18 bits per heavy atom. The molecule has 3 N–H and O–H groups in total. The first kappa shape index (κ1) is 9.59. The lowest BCUT2D eigenvalue weighted by Gasteiger charge is -1.99. The van der Waals surface area contributed by atoms with Crippen molar-refractivity contribution in [2.75, 3.05) is 5.32 Å². The summed E-state index contributed by atoms with van der Waals surface area (Å²) in [6, 6.07) is 7.61. The highest BCUT2D eigenvalue weighted by Gasteiger charge is 2.12. The summed E-state index contributed by atoms with van der Waals surface area (Å²) in [7, 11) is 0. The fraction of sp³-hybridized carbons (Fsp3) is 0. The molecule has 17 heavy (non-hydrogen) atoms. The largest absolute Gasteiger partial charge is 0.360 e. The molecule has 0 fully saturated rings. The van der Waals surface area contributed by atoms with Crippen LogP contribution in [0.2, 0.25) is 0 Å². The second-order valence-corrected chi connectivity index (χ2v) is 3.54. The number of aromatic amines is 2. The molecule has 0 saturated carbocycles. The fourth-order valence-electron chi connectivity index (χ4n) is 1.70. The van der Waals surface area contributed by atoms with Gasteiger partial charge in [0.15, 0.2) is 0 Å². The van der Waals surface area contributed by atoms with Crippen LogP contribution >= 0.6 is 0 Å². The average Bonchev–Trinajstić information content (AvgIpc) is 2.96. The molecule has 0 aliphatic heterocycles. The molecule has 0 spiro atoms. The van der Waals surface area contributed by atoms with Gasteiger partial charge in [0.1, 0.15) is 6.33 Å². The van der Waals surface area contributed by atoms with E-state index >= 15 is 0 Å². The van der Waals surface area contributed by atoms with Gasteiger partial charge in [0.05, 0.1) is 5.56 Å². The number of carbonyl (C=O) groups is 1. The number of amides is 1. The van der Waals surface area contributed by atoms with E-state index in [0.717, 1.165) is 10.9 Å². The Morgan fingerprint density at radius 3 is 3.00 bits per heavy atom. The van der Waals surface area contributed by atoms with Crippen molar-refractivity contribution in [3.63, 3.8) is 0 Å². The molecule has 2 aromatic heterocycles. The monoisotopic (exact) mass is 227 g/mol. The van der Waals surface area contributed by atoms with Crippen molar-refractivity contribution in [1.29, 1.82) is 0 Å². The SMILES string of the molecule is O=C(Nc1ncn[nH]1)c1c[nH]c2ccccc12. The molecule has 84 valence electrons. The van der Waals surface area contributed by atoms with Crippen molar-refractivity contribution < 1.29 is 4.79 Å². The maximum atomic E-state index is 12.0. The predicted octanol–water partition coefficient (Wildman–Crippen LogP) is 1.54. The van der Waals surface area contributed by atoms with Gasteiger partial charge in [-0.2, -0.15) is 10.1 Å². The highest BCUT2D eigenvalue weighted by Crippen LogP contribution is 2.18. The van der Waals surface area contributed by atoms with E-state index in [1.807, 2.05) is 24.3 Å². The van der Waals surface area contributed by atoms with E-state index < -0.39 is 0 Å². The molecule has 0 atom stereocenters. The van der Waals surface area contributed by atoms with Crippen LogP contribution in [0.4, 0.5) is 5.95 Å². The minimum atomic E-state index is -0.223. The molecule has 6 heteroatoms. The standard InChI is InChI=1S/C11H9N5O/c17-10(15-11-13-6-14-16-11)8-5-12-9-4-2-1-3-7(8)9/h1-6,12H,(H2,13,14,15,16,17). The van der Waals surface area contributed by atoms with Crippen LogP contribution in [0.1, 0.15) is 10.4 Å². The van der Waals surface area contributed by atoms with Crippen LogP contribution in [0.15, 0.2) is 36.8 Å². The van der Waals surface area contributed by atoms with Gasteiger partial charge >= 0.3 is 0 Å². The Kier molecular flexibility index (Phi) is 2.11. The summed E-state index contributed by atoms with van der Waals surface area (Å²) < 4.78 is 0. The summed E-state index contributed by atoms with van der Waals surface area (Å²) in [5.41, 5.74) is 1.51. The maximum absolute atomic E-state index is 12.0. The van der Waals surface area contributed by atoms with Crippen LogP contribution in [0.3, 0.4) is 0 Å². The van der Waals surface area contributed by atoms with Gasteiger partial charge in [0.2, 0.25) is 5.95 Å². The smallest absolute Gasteiger partial charge is 0.260 e. The number of nitrogens with one attached hydrogen (secondary N) is 3. The first-order valence-electron chi connectivity index (χ1n) is 5.07. The molecule has 0 saturated heterocycles. The predicted molar refractivity (Wildman–Crippen MR) is 62.6 cm³/mol. The van der Waals surface area contributed by atoms with Crippen LogP contribution in [0.25, 0.3) is 10.9 Å². The lowest BCUT2D eigenvalue weighted by atomic mass is 10.1. The van der Waals surface area contributed by atoms with E-state index in [1.54, 1.807) is 6.20 Å². The van der Waals surface area contributed by atoms with Gasteiger partial charge in [-0.15, -0.1) is 0 Å². The highest BCUT2D eigenvalue weighted by atomic mass is 16.1. The second kappa shape index (κ2) is 3.75. The molecule has 0 bridgehead atoms. The van der Waals surface area contributed by atoms with Crippen LogP contribution < -0.4 is 5.32 Å². The number of carbonyl (C=O) groups excluding carboxylic acids is 1. The maximum Gasteiger partial charge on any atom is 0.260 e. The Hall–Kier alpha value is -2.63. The zero-order valence-electron chi connectivity index (χ0n) is 8.77. The summed E-state index contributed by atoms with van der Waals surface area (Å²) in [6.07, 6.45) is 3.02. The minimum absolute atomic E-state index is 0.223. The molecule has 3 rings (SSSR count).